The molecule has 0 spiro atoms. The van der Waals surface area contributed by atoms with Crippen molar-refractivity contribution >= 4 is 23.5 Å². The van der Waals surface area contributed by atoms with Crippen LogP contribution in [0.4, 0.5) is 11.5 Å². The zero-order chi connectivity index (χ0) is 24.1. The smallest absolute Gasteiger partial charge is 0.254 e. The molecule has 0 aliphatic rings. The second-order valence-electron chi connectivity index (χ2n) is 8.81. The Balaban J connectivity index is 1.78. The fourth-order valence-electron chi connectivity index (χ4n) is 3.68. The molecule has 34 heavy (non-hydrogen) atoms. The Hall–Kier alpha value is -4.12. The molecule has 0 amide bonds. The minimum Gasteiger partial charge on any atom is -0.354 e. The van der Waals surface area contributed by atoms with Crippen LogP contribution in [0.25, 0.3) is 22.0 Å². The Bertz CT molecular complexity index is 1330. The summed E-state index contributed by atoms with van der Waals surface area (Å²) in [5.74, 6) is 2.46. The summed E-state index contributed by atoms with van der Waals surface area (Å²) < 4.78 is 1.80. The van der Waals surface area contributed by atoms with Gasteiger partial charge >= 0.3 is 0 Å². The van der Waals surface area contributed by atoms with Crippen molar-refractivity contribution in [1.29, 1.82) is 0 Å². The lowest BCUT2D eigenvalue weighted by Crippen LogP contribution is -2.36. The molecule has 3 aromatic heterocycles. The van der Waals surface area contributed by atoms with Crippen molar-refractivity contribution in [3.63, 3.8) is 0 Å². The zero-order valence-corrected chi connectivity index (χ0v) is 19.9. The van der Waals surface area contributed by atoms with Gasteiger partial charge in [0, 0.05) is 48.4 Å². The Labute approximate surface area is 199 Å². The van der Waals surface area contributed by atoms with E-state index in [2.05, 4.69) is 47.4 Å². The third-order valence-electron chi connectivity index (χ3n) is 5.24. The van der Waals surface area contributed by atoms with E-state index in [4.69, 9.17) is 21.6 Å². The maximum atomic E-state index is 7.31. The Morgan fingerprint density at radius 2 is 1.97 bits per heavy atom. The number of fused-ring (bicyclic) bond motifs is 1. The molecule has 0 N–H and O–H groups in total. The summed E-state index contributed by atoms with van der Waals surface area (Å²) in [5.41, 5.74) is 3.10. The number of benzene rings is 1. The molecule has 0 atom stereocenters. The van der Waals surface area contributed by atoms with Gasteiger partial charge in [0.2, 0.25) is 0 Å². The van der Waals surface area contributed by atoms with Crippen LogP contribution in [-0.2, 0) is 6.54 Å². The summed E-state index contributed by atoms with van der Waals surface area (Å²) in [6.07, 6.45) is 5.32. The number of aliphatic imine (C=N–C) groups is 1. The highest BCUT2D eigenvalue weighted by atomic mass is 15.4. The minimum absolute atomic E-state index is 0.262. The van der Waals surface area contributed by atoms with Gasteiger partial charge in [-0.3, -0.25) is 9.98 Å². The third-order valence-corrected chi connectivity index (χ3v) is 5.24. The molecule has 3 heterocycles. The highest BCUT2D eigenvalue weighted by Crippen LogP contribution is 2.25. The monoisotopic (exact) mass is 452 g/mol. The standard InChI is InChI=1S/C26H28N8/c1-18(2)17-33(19(3)4)24-13-23(16-29-15-20-8-7-11-28-14-20)30-26-31-25(32-34(24)26)21-9-6-10-22(12-21)27-5/h6-15,18-19H,16-17H2,1-4H3. The maximum absolute atomic E-state index is 7.31. The van der Waals surface area contributed by atoms with Gasteiger partial charge < -0.3 is 4.90 Å². The van der Waals surface area contributed by atoms with Gasteiger partial charge in [0.15, 0.2) is 11.5 Å². The van der Waals surface area contributed by atoms with Gasteiger partial charge in [-0.15, -0.1) is 5.10 Å². The zero-order valence-electron chi connectivity index (χ0n) is 19.9. The lowest BCUT2D eigenvalue weighted by Gasteiger charge is -2.30. The molecule has 0 aliphatic heterocycles. The highest BCUT2D eigenvalue weighted by Gasteiger charge is 2.20. The van der Waals surface area contributed by atoms with Crippen LogP contribution in [0, 0.1) is 12.5 Å². The third kappa shape index (κ3) is 5.26. The quantitative estimate of drug-likeness (QED) is 0.270. The van der Waals surface area contributed by atoms with Crippen LogP contribution in [0.15, 0.2) is 59.9 Å². The molecule has 1 aromatic carbocycles. The summed E-state index contributed by atoms with van der Waals surface area (Å²) >= 11 is 0. The number of hydrogen-bond acceptors (Lipinski definition) is 6. The average molecular weight is 453 g/mol. The van der Waals surface area contributed by atoms with E-state index >= 15 is 0 Å². The van der Waals surface area contributed by atoms with E-state index in [1.54, 1.807) is 35.3 Å². The normalized spacial score (nSPS) is 11.6. The number of anilines is 1. The number of hydrogen-bond donors (Lipinski definition) is 0. The first-order valence-corrected chi connectivity index (χ1v) is 11.4. The topological polar surface area (TPSA) is 75.9 Å². The first kappa shape index (κ1) is 23.1. The Morgan fingerprint density at radius 3 is 2.68 bits per heavy atom. The molecule has 0 bridgehead atoms. The molecule has 8 heteroatoms. The number of aromatic nitrogens is 5. The summed E-state index contributed by atoms with van der Waals surface area (Å²) in [7, 11) is 0. The molecule has 0 unspecified atom stereocenters. The lowest BCUT2D eigenvalue weighted by atomic mass is 10.1. The minimum atomic E-state index is 0.262. The van der Waals surface area contributed by atoms with Gasteiger partial charge in [-0.25, -0.2) is 9.83 Å². The molecular weight excluding hydrogens is 424 g/mol. The molecule has 4 aromatic rings. The molecule has 0 fully saturated rings. The molecule has 0 saturated carbocycles. The van der Waals surface area contributed by atoms with Crippen molar-refractivity contribution in [1.82, 2.24) is 24.6 Å². The number of rotatable bonds is 8. The highest BCUT2D eigenvalue weighted by molar-refractivity contribution is 5.78. The van der Waals surface area contributed by atoms with E-state index < -0.39 is 0 Å². The van der Waals surface area contributed by atoms with Gasteiger partial charge in [0.25, 0.3) is 5.78 Å². The summed E-state index contributed by atoms with van der Waals surface area (Å²) in [4.78, 5) is 24.0. The van der Waals surface area contributed by atoms with Gasteiger partial charge in [-0.2, -0.15) is 9.50 Å². The van der Waals surface area contributed by atoms with Crippen molar-refractivity contribution in [3.05, 3.63) is 77.5 Å². The van der Waals surface area contributed by atoms with Crippen molar-refractivity contribution < 1.29 is 0 Å². The van der Waals surface area contributed by atoms with Gasteiger partial charge in [-0.1, -0.05) is 38.1 Å². The van der Waals surface area contributed by atoms with Crippen LogP contribution in [0.2, 0.25) is 0 Å². The fourth-order valence-corrected chi connectivity index (χ4v) is 3.68. The maximum Gasteiger partial charge on any atom is 0.254 e. The number of pyridine rings is 1. The summed E-state index contributed by atoms with van der Waals surface area (Å²) in [6.45, 7) is 17.4. The number of nitrogens with zero attached hydrogens (tertiary/aromatic N) is 8. The summed E-state index contributed by atoms with van der Waals surface area (Å²) in [6, 6.07) is 13.5. The summed E-state index contributed by atoms with van der Waals surface area (Å²) in [5, 5.41) is 4.79. The fraction of sp³-hybridized carbons (Fsp3) is 0.308. The van der Waals surface area contributed by atoms with Crippen LogP contribution >= 0.6 is 0 Å². The first-order valence-electron chi connectivity index (χ1n) is 11.4. The van der Waals surface area contributed by atoms with Crippen LogP contribution in [0.1, 0.15) is 39.0 Å². The lowest BCUT2D eigenvalue weighted by molar-refractivity contribution is 0.560. The van der Waals surface area contributed by atoms with Gasteiger partial charge in [0.05, 0.1) is 18.8 Å². The molecule has 0 saturated heterocycles. The predicted molar refractivity (Wildman–Crippen MR) is 135 cm³/mol. The van der Waals surface area contributed by atoms with E-state index in [9.17, 15) is 0 Å². The van der Waals surface area contributed by atoms with Crippen molar-refractivity contribution in [3.8, 4) is 11.4 Å². The molecule has 172 valence electrons. The van der Waals surface area contributed by atoms with Crippen LogP contribution in [0.5, 0.6) is 0 Å². The molecule has 0 aliphatic carbocycles. The van der Waals surface area contributed by atoms with Crippen LogP contribution in [0.3, 0.4) is 0 Å². The van der Waals surface area contributed by atoms with Gasteiger partial charge in [-0.05, 0) is 31.9 Å². The molecule has 0 radical (unpaired) electrons. The predicted octanol–water partition coefficient (Wildman–Crippen LogP) is 5.23. The van der Waals surface area contributed by atoms with Crippen molar-refractivity contribution in [2.75, 3.05) is 11.4 Å². The molecule has 4 rings (SSSR count). The largest absolute Gasteiger partial charge is 0.354 e. The second kappa shape index (κ2) is 10.2. The molecular formula is C26H28N8. The molecule has 8 nitrogen and oxygen atoms in total. The Kier molecular flexibility index (Phi) is 6.93. The van der Waals surface area contributed by atoms with Crippen molar-refractivity contribution in [2.45, 2.75) is 40.3 Å². The first-order chi connectivity index (χ1) is 16.4. The SMILES string of the molecule is [C-]#[N+]c1cccc(-c2nc3nc(CN=Cc4cccnc4)cc(N(CC(C)C)C(C)C)n3n2)c1. The van der Waals surface area contributed by atoms with E-state index in [0.29, 0.717) is 29.8 Å². The van der Waals surface area contributed by atoms with Crippen LogP contribution in [-0.4, -0.2) is 43.4 Å². The van der Waals surface area contributed by atoms with E-state index in [1.807, 2.05) is 30.3 Å². The van der Waals surface area contributed by atoms with E-state index in [1.165, 1.54) is 0 Å². The van der Waals surface area contributed by atoms with Crippen molar-refractivity contribution in [2.24, 2.45) is 10.9 Å². The second-order valence-corrected chi connectivity index (χ2v) is 8.81. The Morgan fingerprint density at radius 1 is 1.12 bits per heavy atom. The average Bonchev–Trinajstić information content (AvgIpc) is 3.27. The van der Waals surface area contributed by atoms with E-state index in [-0.39, 0.29) is 6.04 Å². The van der Waals surface area contributed by atoms with Crippen LogP contribution < -0.4 is 4.90 Å². The van der Waals surface area contributed by atoms with E-state index in [0.717, 1.165) is 29.2 Å². The van der Waals surface area contributed by atoms with Gasteiger partial charge in [0.1, 0.15) is 5.82 Å².